The van der Waals surface area contributed by atoms with E-state index in [-0.39, 0.29) is 5.69 Å². The molecule has 192 valence electrons. The number of benzene rings is 2. The van der Waals surface area contributed by atoms with Crippen LogP contribution in [0.3, 0.4) is 0 Å². The maximum Gasteiger partial charge on any atom is 0.294 e. The lowest BCUT2D eigenvalue weighted by atomic mass is 10.2. The number of anilines is 6. The molecule has 11 nitrogen and oxygen atoms in total. The molecule has 1 N–H and O–H groups in total. The van der Waals surface area contributed by atoms with Gasteiger partial charge in [-0.05, 0) is 32.3 Å². The largest absolute Gasteiger partial charge is 0.494 e. The number of likely N-dealkylation sites (N-methyl/N-ethyl adjacent to an activating group) is 2. The van der Waals surface area contributed by atoms with E-state index >= 15 is 0 Å². The lowest BCUT2D eigenvalue weighted by Gasteiger charge is -2.25. The number of para-hydroxylation sites is 2. The SMILES string of the molecule is COc1cc(N(C)CCN(C)C)c([N+](=O)[O-])cc1Nc1nccc(N(C)c2ccccc2N(C)C)n1. The zero-order valence-electron chi connectivity index (χ0n) is 21.9. The second kappa shape index (κ2) is 11.5. The Morgan fingerprint density at radius 3 is 2.28 bits per heavy atom. The first-order valence-electron chi connectivity index (χ1n) is 11.4. The fraction of sp³-hybridized carbons (Fsp3) is 0.360. The van der Waals surface area contributed by atoms with E-state index in [1.807, 2.05) is 86.2 Å². The van der Waals surface area contributed by atoms with Gasteiger partial charge in [0.15, 0.2) is 0 Å². The molecule has 0 aliphatic carbocycles. The number of nitro groups is 1. The Kier molecular flexibility index (Phi) is 8.49. The van der Waals surface area contributed by atoms with E-state index in [4.69, 9.17) is 4.74 Å². The van der Waals surface area contributed by atoms with Gasteiger partial charge in [0.05, 0.1) is 29.1 Å². The van der Waals surface area contributed by atoms with Gasteiger partial charge in [-0.2, -0.15) is 4.98 Å². The van der Waals surface area contributed by atoms with Gasteiger partial charge in [-0.25, -0.2) is 4.98 Å². The van der Waals surface area contributed by atoms with Crippen LogP contribution in [0.2, 0.25) is 0 Å². The van der Waals surface area contributed by atoms with Crippen LogP contribution in [-0.4, -0.2) is 82.3 Å². The van der Waals surface area contributed by atoms with Gasteiger partial charge in [0.1, 0.15) is 17.3 Å². The summed E-state index contributed by atoms with van der Waals surface area (Å²) in [6, 6.07) is 12.9. The first-order valence-corrected chi connectivity index (χ1v) is 11.4. The molecular formula is C25H34N8O3. The van der Waals surface area contributed by atoms with Gasteiger partial charge in [0, 0.05) is 59.6 Å². The number of nitro benzene ring substituents is 1. The van der Waals surface area contributed by atoms with E-state index < -0.39 is 4.92 Å². The number of methoxy groups -OCH3 is 1. The third-order valence-electron chi connectivity index (χ3n) is 5.74. The number of hydrogen-bond donors (Lipinski definition) is 1. The van der Waals surface area contributed by atoms with E-state index in [1.165, 1.54) is 13.2 Å². The molecule has 0 radical (unpaired) electrons. The van der Waals surface area contributed by atoms with Gasteiger partial charge < -0.3 is 29.7 Å². The molecule has 0 bridgehead atoms. The monoisotopic (exact) mass is 494 g/mol. The number of nitrogens with one attached hydrogen (secondary N) is 1. The van der Waals surface area contributed by atoms with Crippen LogP contribution < -0.4 is 24.8 Å². The van der Waals surface area contributed by atoms with Crippen LogP contribution in [0.25, 0.3) is 0 Å². The fourth-order valence-corrected chi connectivity index (χ4v) is 3.71. The van der Waals surface area contributed by atoms with E-state index in [1.54, 1.807) is 18.3 Å². The topological polar surface area (TPSA) is 103 Å². The molecule has 2 aromatic carbocycles. The standard InChI is InChI=1S/C25H34N8O3/c1-29(2)14-15-31(5)21-17-23(36-7)18(16-22(21)33(34)35)27-25-26-13-12-24(28-25)32(6)20-11-9-8-10-19(20)30(3)4/h8-13,16-17H,14-15H2,1-7H3,(H,26,27,28). The van der Waals surface area contributed by atoms with Crippen LogP contribution in [0.1, 0.15) is 0 Å². The Hall–Kier alpha value is -4.12. The number of aromatic nitrogens is 2. The Bertz CT molecular complexity index is 1200. The van der Waals surface area contributed by atoms with Crippen molar-refractivity contribution in [2.45, 2.75) is 0 Å². The summed E-state index contributed by atoms with van der Waals surface area (Å²) in [5, 5.41) is 15.0. The van der Waals surface area contributed by atoms with Crippen molar-refractivity contribution in [1.29, 1.82) is 0 Å². The molecule has 1 heterocycles. The molecule has 11 heteroatoms. The van der Waals surface area contributed by atoms with Crippen LogP contribution in [0.15, 0.2) is 48.7 Å². The molecule has 1 aromatic heterocycles. The van der Waals surface area contributed by atoms with Crippen LogP contribution in [-0.2, 0) is 0 Å². The van der Waals surface area contributed by atoms with Crippen LogP contribution in [0.5, 0.6) is 5.75 Å². The fourth-order valence-electron chi connectivity index (χ4n) is 3.71. The molecule has 0 aliphatic rings. The molecule has 0 saturated carbocycles. The highest BCUT2D eigenvalue weighted by Crippen LogP contribution is 2.39. The maximum absolute atomic E-state index is 11.9. The highest BCUT2D eigenvalue weighted by atomic mass is 16.6. The Balaban J connectivity index is 1.94. The minimum absolute atomic E-state index is 0.0345. The Morgan fingerprint density at radius 2 is 1.67 bits per heavy atom. The van der Waals surface area contributed by atoms with Crippen molar-refractivity contribution in [2.75, 3.05) is 82.5 Å². The van der Waals surface area contributed by atoms with E-state index in [2.05, 4.69) is 15.3 Å². The molecule has 0 fully saturated rings. The second-order valence-corrected chi connectivity index (χ2v) is 8.83. The van der Waals surface area contributed by atoms with Gasteiger partial charge in [-0.15, -0.1) is 0 Å². The molecule has 36 heavy (non-hydrogen) atoms. The molecule has 0 atom stereocenters. The molecule has 3 aromatic rings. The zero-order valence-corrected chi connectivity index (χ0v) is 21.9. The number of nitrogens with zero attached hydrogens (tertiary/aromatic N) is 7. The van der Waals surface area contributed by atoms with E-state index in [9.17, 15) is 10.1 Å². The zero-order chi connectivity index (χ0) is 26.4. The van der Waals surface area contributed by atoms with Crippen molar-refractivity contribution in [2.24, 2.45) is 0 Å². The van der Waals surface area contributed by atoms with Crippen molar-refractivity contribution < 1.29 is 9.66 Å². The van der Waals surface area contributed by atoms with Crippen molar-refractivity contribution in [3.05, 3.63) is 58.8 Å². The predicted molar refractivity (Wildman–Crippen MR) is 146 cm³/mol. The van der Waals surface area contributed by atoms with Crippen LogP contribution >= 0.6 is 0 Å². The summed E-state index contributed by atoms with van der Waals surface area (Å²) in [7, 11) is 13.2. The molecule has 3 rings (SSSR count). The quantitative estimate of drug-likeness (QED) is 0.311. The smallest absolute Gasteiger partial charge is 0.294 e. The highest BCUT2D eigenvalue weighted by molar-refractivity contribution is 5.78. The number of rotatable bonds is 11. The van der Waals surface area contributed by atoms with Crippen molar-refractivity contribution in [3.8, 4) is 5.75 Å². The van der Waals surface area contributed by atoms with Gasteiger partial charge in [0.2, 0.25) is 5.95 Å². The summed E-state index contributed by atoms with van der Waals surface area (Å²) >= 11 is 0. The minimum Gasteiger partial charge on any atom is -0.494 e. The van der Waals surface area contributed by atoms with Crippen LogP contribution in [0.4, 0.5) is 40.2 Å². The highest BCUT2D eigenvalue weighted by Gasteiger charge is 2.22. The first kappa shape index (κ1) is 26.5. The summed E-state index contributed by atoms with van der Waals surface area (Å²) in [6.45, 7) is 1.37. The third-order valence-corrected chi connectivity index (χ3v) is 5.74. The molecule has 0 amide bonds. The normalized spacial score (nSPS) is 10.8. The van der Waals surface area contributed by atoms with E-state index in [0.717, 1.165) is 17.9 Å². The Labute approximate surface area is 212 Å². The lowest BCUT2D eigenvalue weighted by Crippen LogP contribution is -2.29. The van der Waals surface area contributed by atoms with Crippen molar-refractivity contribution in [3.63, 3.8) is 0 Å². The predicted octanol–water partition coefficient (Wildman–Crippen LogP) is 3.97. The van der Waals surface area contributed by atoms with Crippen molar-refractivity contribution in [1.82, 2.24) is 14.9 Å². The average Bonchev–Trinajstić information content (AvgIpc) is 2.86. The molecule has 0 spiro atoms. The number of hydrogen-bond acceptors (Lipinski definition) is 10. The molecular weight excluding hydrogens is 460 g/mol. The van der Waals surface area contributed by atoms with Crippen molar-refractivity contribution >= 4 is 40.2 Å². The second-order valence-electron chi connectivity index (χ2n) is 8.83. The molecule has 0 aliphatic heterocycles. The lowest BCUT2D eigenvalue weighted by molar-refractivity contribution is -0.384. The van der Waals surface area contributed by atoms with Gasteiger partial charge in [0.25, 0.3) is 5.69 Å². The first-order chi connectivity index (χ1) is 17.1. The molecule has 0 unspecified atom stereocenters. The van der Waals surface area contributed by atoms with Gasteiger partial charge >= 0.3 is 0 Å². The summed E-state index contributed by atoms with van der Waals surface area (Å²) in [6.07, 6.45) is 1.64. The van der Waals surface area contributed by atoms with E-state index in [0.29, 0.717) is 35.4 Å². The minimum atomic E-state index is -0.394. The van der Waals surface area contributed by atoms with Crippen LogP contribution in [0, 0.1) is 10.1 Å². The summed E-state index contributed by atoms with van der Waals surface area (Å²) in [5.41, 5.74) is 2.86. The van der Waals surface area contributed by atoms with Gasteiger partial charge in [-0.1, -0.05) is 12.1 Å². The maximum atomic E-state index is 11.9. The van der Waals surface area contributed by atoms with Gasteiger partial charge in [-0.3, -0.25) is 10.1 Å². The third kappa shape index (κ3) is 6.11. The number of ether oxygens (including phenoxy) is 1. The summed E-state index contributed by atoms with van der Waals surface area (Å²) in [4.78, 5) is 28.4. The average molecular weight is 495 g/mol. The molecule has 0 saturated heterocycles. The Morgan fingerprint density at radius 1 is 0.972 bits per heavy atom. The summed E-state index contributed by atoms with van der Waals surface area (Å²) < 4.78 is 5.56. The summed E-state index contributed by atoms with van der Waals surface area (Å²) in [5.74, 6) is 1.41.